The summed E-state index contributed by atoms with van der Waals surface area (Å²) in [5.74, 6) is 0.239. The van der Waals surface area contributed by atoms with Gasteiger partial charge in [-0.25, -0.2) is 13.8 Å². The largest absolute Gasteiger partial charge is 0.497 e. The van der Waals surface area contributed by atoms with Gasteiger partial charge in [0.25, 0.3) is 15.9 Å². The molecule has 0 fully saturated rings. The Morgan fingerprint density at radius 1 is 1.03 bits per heavy atom. The maximum Gasteiger partial charge on any atom is 0.264 e. The third-order valence-electron chi connectivity index (χ3n) is 4.51. The van der Waals surface area contributed by atoms with Crippen LogP contribution in [0.25, 0.3) is 0 Å². The molecular weight excluding hydrogens is 450 g/mol. The Bertz CT molecular complexity index is 1190. The van der Waals surface area contributed by atoms with Gasteiger partial charge in [0.1, 0.15) is 18.0 Å². The minimum Gasteiger partial charge on any atom is -0.497 e. The zero-order chi connectivity index (χ0) is 23.1. The number of hydrogen-bond donors (Lipinski definition) is 1. The molecule has 0 aliphatic heterocycles. The first kappa shape index (κ1) is 23.3. The normalized spacial score (nSPS) is 11.7. The van der Waals surface area contributed by atoms with Crippen LogP contribution in [0, 0.1) is 0 Å². The van der Waals surface area contributed by atoms with Gasteiger partial charge in [-0.1, -0.05) is 18.2 Å². The van der Waals surface area contributed by atoms with E-state index in [9.17, 15) is 13.2 Å². The van der Waals surface area contributed by atoms with Crippen LogP contribution in [0.3, 0.4) is 0 Å². The van der Waals surface area contributed by atoms with Crippen LogP contribution < -0.4 is 19.2 Å². The molecule has 0 unspecified atom stereocenters. The smallest absolute Gasteiger partial charge is 0.264 e. The molecular formula is C22H23N3O5S2. The predicted octanol–water partition coefficient (Wildman–Crippen LogP) is 3.50. The van der Waals surface area contributed by atoms with Crippen LogP contribution in [0.15, 0.2) is 76.0 Å². The molecule has 168 valence electrons. The molecule has 1 N–H and O–H groups in total. The van der Waals surface area contributed by atoms with Crippen molar-refractivity contribution in [2.75, 3.05) is 25.1 Å². The van der Waals surface area contributed by atoms with Crippen molar-refractivity contribution in [2.45, 2.75) is 11.8 Å². The molecule has 0 spiro atoms. The number of ether oxygens (including phenoxy) is 2. The quantitative estimate of drug-likeness (QED) is 0.379. The Balaban J connectivity index is 1.93. The van der Waals surface area contributed by atoms with Crippen molar-refractivity contribution < 1.29 is 22.7 Å². The lowest BCUT2D eigenvalue weighted by Gasteiger charge is -2.25. The highest BCUT2D eigenvalue weighted by atomic mass is 32.2. The zero-order valence-corrected chi connectivity index (χ0v) is 19.4. The SMILES string of the molecule is COc1ccc(S(=O)(=O)N(CC(=O)N/N=C(/C)c2cccs2)c2ccccc2OC)cc1. The number of benzene rings is 2. The van der Waals surface area contributed by atoms with Crippen LogP contribution in [0.2, 0.25) is 0 Å². The number of para-hydroxylation sites is 2. The monoisotopic (exact) mass is 473 g/mol. The third-order valence-corrected chi connectivity index (χ3v) is 7.27. The average Bonchev–Trinajstić information content (AvgIpc) is 3.36. The topological polar surface area (TPSA) is 97.3 Å². The van der Waals surface area contributed by atoms with Gasteiger partial charge in [-0.05, 0) is 54.8 Å². The number of methoxy groups -OCH3 is 2. The lowest BCUT2D eigenvalue weighted by Crippen LogP contribution is -2.40. The number of nitrogens with zero attached hydrogens (tertiary/aromatic N) is 2. The van der Waals surface area contributed by atoms with Crippen LogP contribution in [0.4, 0.5) is 5.69 Å². The molecule has 1 aromatic heterocycles. The minimum absolute atomic E-state index is 0.00951. The van der Waals surface area contributed by atoms with E-state index in [4.69, 9.17) is 9.47 Å². The molecule has 0 aliphatic rings. The Labute approximate surface area is 191 Å². The van der Waals surface area contributed by atoms with Crippen LogP contribution >= 0.6 is 11.3 Å². The molecule has 0 atom stereocenters. The van der Waals surface area contributed by atoms with Crippen LogP contribution in [-0.4, -0.2) is 40.8 Å². The number of amides is 1. The molecule has 8 nitrogen and oxygen atoms in total. The Morgan fingerprint density at radius 2 is 1.75 bits per heavy atom. The summed E-state index contributed by atoms with van der Waals surface area (Å²) in [6.45, 7) is 1.27. The van der Waals surface area contributed by atoms with Crippen LogP contribution in [0.5, 0.6) is 11.5 Å². The first-order chi connectivity index (χ1) is 15.4. The Hall–Kier alpha value is -3.37. The fourth-order valence-electron chi connectivity index (χ4n) is 2.86. The van der Waals surface area contributed by atoms with E-state index in [1.165, 1.54) is 37.7 Å². The highest BCUT2D eigenvalue weighted by Crippen LogP contribution is 2.32. The lowest BCUT2D eigenvalue weighted by molar-refractivity contribution is -0.119. The third kappa shape index (κ3) is 5.27. The molecule has 0 bridgehead atoms. The first-order valence-corrected chi connectivity index (χ1v) is 11.9. The molecule has 10 heteroatoms. The van der Waals surface area contributed by atoms with Crippen LogP contribution in [0.1, 0.15) is 11.8 Å². The molecule has 3 rings (SSSR count). The number of carbonyl (C=O) groups is 1. The van der Waals surface area contributed by atoms with Gasteiger partial charge in [-0.15, -0.1) is 11.3 Å². The summed E-state index contributed by atoms with van der Waals surface area (Å²) < 4.78 is 38.4. The van der Waals surface area contributed by atoms with Gasteiger partial charge in [-0.2, -0.15) is 5.10 Å². The maximum atomic E-state index is 13.5. The van der Waals surface area contributed by atoms with E-state index in [0.29, 0.717) is 17.2 Å². The van der Waals surface area contributed by atoms with Gasteiger partial charge in [0.15, 0.2) is 0 Å². The van der Waals surface area contributed by atoms with Crippen molar-refractivity contribution in [1.29, 1.82) is 0 Å². The number of anilines is 1. The van der Waals surface area contributed by atoms with Crippen molar-refractivity contribution in [1.82, 2.24) is 5.43 Å². The Morgan fingerprint density at radius 3 is 2.38 bits per heavy atom. The highest BCUT2D eigenvalue weighted by molar-refractivity contribution is 7.92. The van der Waals surface area contributed by atoms with E-state index in [1.807, 2.05) is 17.5 Å². The molecule has 1 heterocycles. The molecule has 0 saturated carbocycles. The second-order valence-electron chi connectivity index (χ2n) is 6.57. The minimum atomic E-state index is -4.10. The Kier molecular flexibility index (Phi) is 7.49. The summed E-state index contributed by atoms with van der Waals surface area (Å²) in [4.78, 5) is 13.6. The molecule has 32 heavy (non-hydrogen) atoms. The molecule has 0 radical (unpaired) electrons. The molecule has 0 aliphatic carbocycles. The van der Waals surface area contributed by atoms with Crippen molar-refractivity contribution >= 4 is 38.7 Å². The van der Waals surface area contributed by atoms with Crippen molar-refractivity contribution in [3.8, 4) is 11.5 Å². The molecule has 3 aromatic rings. The van der Waals surface area contributed by atoms with Gasteiger partial charge in [0.05, 0.1) is 30.5 Å². The number of hydrogen-bond acceptors (Lipinski definition) is 7. The summed E-state index contributed by atoms with van der Waals surface area (Å²) in [5.41, 5.74) is 3.30. The summed E-state index contributed by atoms with van der Waals surface area (Å²) in [7, 11) is -1.17. The van der Waals surface area contributed by atoms with Gasteiger partial charge < -0.3 is 9.47 Å². The number of hydrazone groups is 1. The predicted molar refractivity (Wildman–Crippen MR) is 125 cm³/mol. The van der Waals surface area contributed by atoms with Crippen LogP contribution in [-0.2, 0) is 14.8 Å². The number of thiophene rings is 1. The number of sulfonamides is 1. The van der Waals surface area contributed by atoms with Gasteiger partial charge in [-0.3, -0.25) is 9.10 Å². The standard InChI is InChI=1S/C22H23N3O5S2/c1-16(21-9-6-14-31-21)23-24-22(26)15-25(19-7-4-5-8-20(19)30-3)32(27,28)18-12-10-17(29-2)11-13-18/h4-14H,15H2,1-3H3,(H,24,26)/b23-16-. The van der Waals surface area contributed by atoms with Crippen molar-refractivity contribution in [2.24, 2.45) is 5.10 Å². The highest BCUT2D eigenvalue weighted by Gasteiger charge is 2.29. The molecule has 0 saturated heterocycles. The summed E-state index contributed by atoms with van der Waals surface area (Å²) in [6.07, 6.45) is 0. The van der Waals surface area contributed by atoms with Gasteiger partial charge >= 0.3 is 0 Å². The van der Waals surface area contributed by atoms with Gasteiger partial charge in [0.2, 0.25) is 0 Å². The summed E-state index contributed by atoms with van der Waals surface area (Å²) in [6, 6.07) is 16.3. The van der Waals surface area contributed by atoms with Crippen molar-refractivity contribution in [3.63, 3.8) is 0 Å². The van der Waals surface area contributed by atoms with E-state index in [1.54, 1.807) is 43.3 Å². The number of nitrogens with one attached hydrogen (secondary N) is 1. The molecule has 1 amide bonds. The van der Waals surface area contributed by atoms with E-state index in [0.717, 1.165) is 9.18 Å². The van der Waals surface area contributed by atoms with Crippen molar-refractivity contribution in [3.05, 3.63) is 70.9 Å². The lowest BCUT2D eigenvalue weighted by atomic mass is 10.3. The summed E-state index contributed by atoms with van der Waals surface area (Å²) >= 11 is 1.49. The fraction of sp³-hybridized carbons (Fsp3) is 0.182. The number of carbonyl (C=O) groups excluding carboxylic acids is 1. The second-order valence-corrected chi connectivity index (χ2v) is 9.38. The van der Waals surface area contributed by atoms with E-state index < -0.39 is 22.5 Å². The fourth-order valence-corrected chi connectivity index (χ4v) is 4.97. The average molecular weight is 474 g/mol. The molecule has 2 aromatic carbocycles. The van der Waals surface area contributed by atoms with E-state index >= 15 is 0 Å². The summed E-state index contributed by atoms with van der Waals surface area (Å²) in [5, 5.41) is 6.00. The van der Waals surface area contributed by atoms with E-state index in [2.05, 4.69) is 10.5 Å². The first-order valence-electron chi connectivity index (χ1n) is 9.53. The maximum absolute atomic E-state index is 13.5. The number of rotatable bonds is 9. The van der Waals surface area contributed by atoms with Gasteiger partial charge in [0, 0.05) is 4.88 Å². The zero-order valence-electron chi connectivity index (χ0n) is 17.8. The second kappa shape index (κ2) is 10.3. The van der Waals surface area contributed by atoms with E-state index in [-0.39, 0.29) is 10.6 Å².